The summed E-state index contributed by atoms with van der Waals surface area (Å²) in [6.07, 6.45) is 1.73. The zero-order valence-electron chi connectivity index (χ0n) is 10.1. The maximum Gasteiger partial charge on any atom is 0.129 e. The van der Waals surface area contributed by atoms with E-state index in [-0.39, 0.29) is 5.54 Å². The largest absolute Gasteiger partial charge is 0.389 e. The summed E-state index contributed by atoms with van der Waals surface area (Å²) in [6, 6.07) is 3.87. The first-order valence-electron chi connectivity index (χ1n) is 5.62. The van der Waals surface area contributed by atoms with E-state index in [0.29, 0.717) is 11.6 Å². The maximum absolute atomic E-state index is 5.55. The van der Waals surface area contributed by atoms with Crippen LogP contribution in [-0.2, 0) is 4.74 Å². The molecular formula is C12H17N3OS. The summed E-state index contributed by atoms with van der Waals surface area (Å²) in [7, 11) is 0. The van der Waals surface area contributed by atoms with Crippen molar-refractivity contribution < 1.29 is 4.74 Å². The Hall–Kier alpha value is -1.20. The van der Waals surface area contributed by atoms with Crippen LogP contribution in [0.15, 0.2) is 18.3 Å². The molecule has 0 unspecified atom stereocenters. The molecule has 0 bridgehead atoms. The van der Waals surface area contributed by atoms with Gasteiger partial charge in [-0.2, -0.15) is 0 Å². The van der Waals surface area contributed by atoms with Gasteiger partial charge in [-0.1, -0.05) is 12.2 Å². The van der Waals surface area contributed by atoms with Gasteiger partial charge in [0.05, 0.1) is 18.8 Å². The molecule has 0 atom stereocenters. The van der Waals surface area contributed by atoms with Crippen LogP contribution in [0.1, 0.15) is 19.4 Å². The fourth-order valence-corrected chi connectivity index (χ4v) is 2.10. The molecule has 4 nitrogen and oxygen atoms in total. The number of morpholine rings is 1. The minimum Gasteiger partial charge on any atom is -0.389 e. The molecule has 0 aromatic carbocycles. The van der Waals surface area contributed by atoms with Gasteiger partial charge in [-0.15, -0.1) is 0 Å². The van der Waals surface area contributed by atoms with Crippen molar-refractivity contribution in [1.29, 1.82) is 0 Å². The van der Waals surface area contributed by atoms with Crippen molar-refractivity contribution >= 4 is 23.0 Å². The highest BCUT2D eigenvalue weighted by Crippen LogP contribution is 2.25. The smallest absolute Gasteiger partial charge is 0.129 e. The van der Waals surface area contributed by atoms with Crippen LogP contribution in [0.3, 0.4) is 0 Å². The van der Waals surface area contributed by atoms with Crippen molar-refractivity contribution in [3.63, 3.8) is 0 Å². The zero-order valence-corrected chi connectivity index (χ0v) is 11.0. The Morgan fingerprint density at radius 1 is 1.53 bits per heavy atom. The summed E-state index contributed by atoms with van der Waals surface area (Å²) < 4.78 is 5.49. The van der Waals surface area contributed by atoms with Crippen LogP contribution in [-0.4, -0.2) is 35.3 Å². The fourth-order valence-electron chi connectivity index (χ4n) is 1.97. The van der Waals surface area contributed by atoms with Gasteiger partial charge in [-0.05, 0) is 26.0 Å². The molecule has 0 saturated carbocycles. The van der Waals surface area contributed by atoms with E-state index in [1.54, 1.807) is 6.20 Å². The lowest BCUT2D eigenvalue weighted by Crippen LogP contribution is -2.53. The molecule has 0 aliphatic carbocycles. The lowest BCUT2D eigenvalue weighted by Gasteiger charge is -2.42. The number of ether oxygens (including phenoxy) is 1. The van der Waals surface area contributed by atoms with Gasteiger partial charge >= 0.3 is 0 Å². The van der Waals surface area contributed by atoms with Gasteiger partial charge in [0.15, 0.2) is 0 Å². The minimum absolute atomic E-state index is 0.0318. The Labute approximate surface area is 107 Å². The number of anilines is 1. The average Bonchev–Trinajstić information content (AvgIpc) is 2.28. The number of hydrogen-bond acceptors (Lipinski definition) is 4. The summed E-state index contributed by atoms with van der Waals surface area (Å²) in [5.41, 5.74) is 6.32. The third-order valence-electron chi connectivity index (χ3n) is 2.95. The highest BCUT2D eigenvalue weighted by atomic mass is 32.1. The van der Waals surface area contributed by atoms with E-state index in [1.165, 1.54) is 0 Å². The molecule has 0 spiro atoms. The quantitative estimate of drug-likeness (QED) is 0.804. The van der Waals surface area contributed by atoms with Crippen molar-refractivity contribution in [2.24, 2.45) is 5.73 Å². The molecule has 1 saturated heterocycles. The second-order valence-electron chi connectivity index (χ2n) is 4.79. The second-order valence-corrected chi connectivity index (χ2v) is 5.23. The summed E-state index contributed by atoms with van der Waals surface area (Å²) in [5.74, 6) is 0.943. The van der Waals surface area contributed by atoms with Crippen molar-refractivity contribution in [2.45, 2.75) is 19.4 Å². The average molecular weight is 251 g/mol. The van der Waals surface area contributed by atoms with Crippen LogP contribution in [0.5, 0.6) is 0 Å². The number of nitrogens with zero attached hydrogens (tertiary/aromatic N) is 2. The highest BCUT2D eigenvalue weighted by Gasteiger charge is 2.31. The lowest BCUT2D eigenvalue weighted by molar-refractivity contribution is 0.0639. The Kier molecular flexibility index (Phi) is 3.31. The van der Waals surface area contributed by atoms with E-state index in [9.17, 15) is 0 Å². The van der Waals surface area contributed by atoms with Crippen LogP contribution in [0.2, 0.25) is 0 Å². The van der Waals surface area contributed by atoms with E-state index in [1.807, 2.05) is 12.1 Å². The van der Waals surface area contributed by atoms with Crippen LogP contribution < -0.4 is 10.6 Å². The van der Waals surface area contributed by atoms with Gasteiger partial charge in [0.1, 0.15) is 10.8 Å². The standard InChI is InChI=1S/C12H17N3OS/c1-12(2)8-16-6-5-15(12)10-4-3-9(7-14-10)11(13)17/h3-4,7H,5-6,8H2,1-2H3,(H2,13,17). The summed E-state index contributed by atoms with van der Waals surface area (Å²) >= 11 is 4.91. The Balaban J connectivity index is 2.24. The summed E-state index contributed by atoms with van der Waals surface area (Å²) in [4.78, 5) is 7.05. The Bertz CT molecular complexity index is 416. The first-order chi connectivity index (χ1) is 8.00. The highest BCUT2D eigenvalue weighted by molar-refractivity contribution is 7.80. The van der Waals surface area contributed by atoms with Gasteiger partial charge < -0.3 is 15.4 Å². The monoisotopic (exact) mass is 251 g/mol. The molecule has 1 fully saturated rings. The van der Waals surface area contributed by atoms with E-state index in [4.69, 9.17) is 22.7 Å². The number of aromatic nitrogens is 1. The molecule has 0 radical (unpaired) electrons. The van der Waals surface area contributed by atoms with E-state index in [0.717, 1.165) is 24.5 Å². The molecule has 1 aromatic rings. The zero-order chi connectivity index (χ0) is 12.5. The third-order valence-corrected chi connectivity index (χ3v) is 3.19. The van der Waals surface area contributed by atoms with Gasteiger partial charge in [0, 0.05) is 18.3 Å². The van der Waals surface area contributed by atoms with Crippen LogP contribution >= 0.6 is 12.2 Å². The van der Waals surface area contributed by atoms with E-state index in [2.05, 4.69) is 23.7 Å². The predicted molar refractivity (Wildman–Crippen MR) is 72.4 cm³/mol. The molecule has 1 aliphatic rings. The normalized spacial score (nSPS) is 19.1. The fraction of sp³-hybridized carbons (Fsp3) is 0.500. The molecule has 5 heteroatoms. The van der Waals surface area contributed by atoms with Crippen LogP contribution in [0.25, 0.3) is 0 Å². The second kappa shape index (κ2) is 4.58. The minimum atomic E-state index is -0.0318. The van der Waals surface area contributed by atoms with Gasteiger partial charge in [0.2, 0.25) is 0 Å². The lowest BCUT2D eigenvalue weighted by atomic mass is 10.0. The SMILES string of the molecule is CC1(C)COCCN1c1ccc(C(N)=S)cn1. The van der Waals surface area contributed by atoms with Crippen molar-refractivity contribution in [2.75, 3.05) is 24.7 Å². The van der Waals surface area contributed by atoms with Gasteiger partial charge in [-0.3, -0.25) is 0 Å². The number of thiocarbonyl (C=S) groups is 1. The first-order valence-corrected chi connectivity index (χ1v) is 6.03. The number of pyridine rings is 1. The van der Waals surface area contributed by atoms with Crippen molar-refractivity contribution in [3.05, 3.63) is 23.9 Å². The third kappa shape index (κ3) is 2.56. The van der Waals surface area contributed by atoms with Crippen molar-refractivity contribution in [3.8, 4) is 0 Å². The van der Waals surface area contributed by atoms with Gasteiger partial charge in [0.25, 0.3) is 0 Å². The molecule has 2 rings (SSSR count). The Morgan fingerprint density at radius 2 is 2.29 bits per heavy atom. The number of hydrogen-bond donors (Lipinski definition) is 1. The summed E-state index contributed by atoms with van der Waals surface area (Å²) in [5, 5.41) is 0. The first kappa shape index (κ1) is 12.3. The molecule has 2 N–H and O–H groups in total. The summed E-state index contributed by atoms with van der Waals surface area (Å²) in [6.45, 7) is 6.60. The molecule has 1 aliphatic heterocycles. The van der Waals surface area contributed by atoms with Crippen LogP contribution in [0.4, 0.5) is 5.82 Å². The molecule has 0 amide bonds. The molecule has 92 valence electrons. The number of rotatable bonds is 2. The Morgan fingerprint density at radius 3 is 2.82 bits per heavy atom. The predicted octanol–water partition coefficient (Wildman–Crippen LogP) is 1.33. The van der Waals surface area contributed by atoms with E-state index >= 15 is 0 Å². The van der Waals surface area contributed by atoms with Crippen LogP contribution in [0, 0.1) is 0 Å². The van der Waals surface area contributed by atoms with Crippen molar-refractivity contribution in [1.82, 2.24) is 4.98 Å². The van der Waals surface area contributed by atoms with Gasteiger partial charge in [-0.25, -0.2) is 4.98 Å². The molecule has 17 heavy (non-hydrogen) atoms. The molecule has 1 aromatic heterocycles. The molecule has 2 heterocycles. The molecular weight excluding hydrogens is 234 g/mol. The maximum atomic E-state index is 5.55. The van der Waals surface area contributed by atoms with E-state index < -0.39 is 0 Å². The topological polar surface area (TPSA) is 51.4 Å². The number of nitrogens with two attached hydrogens (primary N) is 1.